The number of aromatic nitrogens is 5. The zero-order chi connectivity index (χ0) is 15.1. The lowest BCUT2D eigenvalue weighted by Gasteiger charge is -2.05. The summed E-state index contributed by atoms with van der Waals surface area (Å²) < 4.78 is 1.83. The predicted octanol–water partition coefficient (Wildman–Crippen LogP) is 1.36. The van der Waals surface area contributed by atoms with E-state index in [4.69, 9.17) is 0 Å². The molecule has 0 spiro atoms. The summed E-state index contributed by atoms with van der Waals surface area (Å²) in [4.78, 5) is 32.4. The molecule has 7 nitrogen and oxygen atoms in total. The highest BCUT2D eigenvalue weighted by atomic mass is 16.2. The van der Waals surface area contributed by atoms with Crippen molar-refractivity contribution in [2.45, 2.75) is 26.8 Å². The number of rotatable bonds is 2. The van der Waals surface area contributed by atoms with Crippen LogP contribution in [-0.2, 0) is 0 Å². The molecule has 0 amide bonds. The van der Waals surface area contributed by atoms with Crippen LogP contribution >= 0.6 is 0 Å². The zero-order valence-corrected chi connectivity index (χ0v) is 12.0. The van der Waals surface area contributed by atoms with Crippen molar-refractivity contribution in [2.75, 3.05) is 0 Å². The summed E-state index contributed by atoms with van der Waals surface area (Å²) in [6.45, 7) is 5.90. The second kappa shape index (κ2) is 4.69. The van der Waals surface area contributed by atoms with Crippen molar-refractivity contribution < 1.29 is 0 Å². The van der Waals surface area contributed by atoms with Crippen LogP contribution in [0.2, 0.25) is 0 Å². The van der Waals surface area contributed by atoms with E-state index in [9.17, 15) is 9.59 Å². The maximum atomic E-state index is 11.9. The highest BCUT2D eigenvalue weighted by Crippen LogP contribution is 2.21. The first-order valence-corrected chi connectivity index (χ1v) is 6.64. The van der Waals surface area contributed by atoms with Gasteiger partial charge in [0, 0.05) is 17.8 Å². The van der Waals surface area contributed by atoms with E-state index < -0.39 is 11.2 Å². The fraction of sp³-hybridized carbons (Fsp3) is 0.286. The number of nitrogens with one attached hydrogen (secondary N) is 2. The van der Waals surface area contributed by atoms with Crippen LogP contribution in [0.5, 0.6) is 0 Å². The van der Waals surface area contributed by atoms with Gasteiger partial charge in [0.05, 0.1) is 17.4 Å². The van der Waals surface area contributed by atoms with Crippen LogP contribution < -0.4 is 11.2 Å². The first-order valence-electron chi connectivity index (χ1n) is 6.64. The molecule has 3 aromatic rings. The number of hydrogen-bond acceptors (Lipinski definition) is 4. The van der Waals surface area contributed by atoms with Crippen molar-refractivity contribution in [1.82, 2.24) is 24.7 Å². The van der Waals surface area contributed by atoms with Gasteiger partial charge in [-0.05, 0) is 32.4 Å². The Balaban J connectivity index is 2.24. The van der Waals surface area contributed by atoms with Crippen LogP contribution in [0.25, 0.3) is 22.3 Å². The molecule has 0 saturated heterocycles. The van der Waals surface area contributed by atoms with Gasteiger partial charge < -0.3 is 4.98 Å². The molecular formula is C14H15N5O2. The van der Waals surface area contributed by atoms with Crippen LogP contribution in [-0.4, -0.2) is 24.7 Å². The van der Waals surface area contributed by atoms with Gasteiger partial charge in [-0.1, -0.05) is 0 Å². The second-order valence-electron chi connectivity index (χ2n) is 5.26. The average molecular weight is 285 g/mol. The number of nitrogens with zero attached hydrogens (tertiary/aromatic N) is 3. The quantitative estimate of drug-likeness (QED) is 0.743. The topological polar surface area (TPSA) is 96.4 Å². The standard InChI is InChI=1S/C14H15N5O2/c1-7(2)19-6-9(5-15-19)10-4-8(3)11-12(16-10)13(20)18-14(21)17-11/h4-7H,1-3H3,(H2,17,18,20,21). The van der Waals surface area contributed by atoms with Crippen LogP contribution in [0.3, 0.4) is 0 Å². The highest BCUT2D eigenvalue weighted by Gasteiger charge is 2.11. The molecule has 0 bridgehead atoms. The molecule has 0 radical (unpaired) electrons. The predicted molar refractivity (Wildman–Crippen MR) is 79.3 cm³/mol. The molecule has 0 fully saturated rings. The van der Waals surface area contributed by atoms with Crippen LogP contribution in [0.1, 0.15) is 25.5 Å². The van der Waals surface area contributed by atoms with Crippen LogP contribution in [0.15, 0.2) is 28.0 Å². The van der Waals surface area contributed by atoms with Crippen molar-refractivity contribution >= 4 is 11.0 Å². The number of pyridine rings is 1. The number of aryl methyl sites for hydroxylation is 1. The van der Waals surface area contributed by atoms with Crippen molar-refractivity contribution in [3.63, 3.8) is 0 Å². The smallest absolute Gasteiger partial charge is 0.305 e. The fourth-order valence-electron chi connectivity index (χ4n) is 2.20. The molecule has 108 valence electrons. The molecule has 0 unspecified atom stereocenters. The fourth-order valence-corrected chi connectivity index (χ4v) is 2.20. The van der Waals surface area contributed by atoms with Gasteiger partial charge in [-0.15, -0.1) is 0 Å². The van der Waals surface area contributed by atoms with E-state index in [1.165, 1.54) is 0 Å². The summed E-state index contributed by atoms with van der Waals surface area (Å²) >= 11 is 0. The Morgan fingerprint density at radius 3 is 2.67 bits per heavy atom. The third kappa shape index (κ3) is 2.26. The molecule has 0 atom stereocenters. The summed E-state index contributed by atoms with van der Waals surface area (Å²) in [5, 5.41) is 4.27. The Morgan fingerprint density at radius 1 is 1.24 bits per heavy atom. The average Bonchev–Trinajstić information content (AvgIpc) is 2.89. The lowest BCUT2D eigenvalue weighted by Crippen LogP contribution is -2.23. The van der Waals surface area contributed by atoms with Crippen LogP contribution in [0.4, 0.5) is 0 Å². The van der Waals surface area contributed by atoms with Crippen LogP contribution in [0, 0.1) is 6.92 Å². The lowest BCUT2D eigenvalue weighted by atomic mass is 10.1. The van der Waals surface area contributed by atoms with Gasteiger partial charge in [0.25, 0.3) is 5.56 Å². The Hall–Kier alpha value is -2.70. The molecule has 3 heterocycles. The maximum Gasteiger partial charge on any atom is 0.326 e. The molecule has 0 aliphatic heterocycles. The van der Waals surface area contributed by atoms with Crippen molar-refractivity contribution in [3.8, 4) is 11.3 Å². The highest BCUT2D eigenvalue weighted by molar-refractivity contribution is 5.80. The van der Waals surface area contributed by atoms with Gasteiger partial charge in [0.15, 0.2) is 5.52 Å². The molecule has 0 saturated carbocycles. The molecule has 3 rings (SSSR count). The summed E-state index contributed by atoms with van der Waals surface area (Å²) in [5.41, 5.74) is 1.94. The minimum absolute atomic E-state index is 0.224. The van der Waals surface area contributed by atoms with Gasteiger partial charge in [0.2, 0.25) is 0 Å². The van der Waals surface area contributed by atoms with Crippen molar-refractivity contribution in [3.05, 3.63) is 44.9 Å². The third-order valence-corrected chi connectivity index (χ3v) is 3.32. The Morgan fingerprint density at radius 2 is 2.00 bits per heavy atom. The molecule has 21 heavy (non-hydrogen) atoms. The van der Waals surface area contributed by atoms with E-state index in [1.54, 1.807) is 6.20 Å². The van der Waals surface area contributed by atoms with E-state index in [1.807, 2.05) is 37.7 Å². The minimum Gasteiger partial charge on any atom is -0.305 e. The maximum absolute atomic E-state index is 11.9. The molecule has 0 aliphatic rings. The van der Waals surface area contributed by atoms with Crippen molar-refractivity contribution in [2.24, 2.45) is 0 Å². The van der Waals surface area contributed by atoms with Gasteiger partial charge in [-0.25, -0.2) is 9.78 Å². The lowest BCUT2D eigenvalue weighted by molar-refractivity contribution is 0.532. The van der Waals surface area contributed by atoms with Gasteiger partial charge in [-0.3, -0.25) is 14.5 Å². The van der Waals surface area contributed by atoms with Crippen molar-refractivity contribution in [1.29, 1.82) is 0 Å². The third-order valence-electron chi connectivity index (χ3n) is 3.32. The van der Waals surface area contributed by atoms with E-state index >= 15 is 0 Å². The Labute approximate surface area is 119 Å². The first-order chi connectivity index (χ1) is 9.95. The van der Waals surface area contributed by atoms with E-state index in [-0.39, 0.29) is 11.6 Å². The summed E-state index contributed by atoms with van der Waals surface area (Å²) in [5.74, 6) is 0. The summed E-state index contributed by atoms with van der Waals surface area (Å²) in [7, 11) is 0. The van der Waals surface area contributed by atoms with Gasteiger partial charge >= 0.3 is 5.69 Å². The zero-order valence-electron chi connectivity index (χ0n) is 12.0. The number of fused-ring (bicyclic) bond motifs is 1. The normalized spacial score (nSPS) is 11.4. The first kappa shape index (κ1) is 13.3. The minimum atomic E-state index is -0.530. The molecule has 7 heteroatoms. The Bertz CT molecular complexity index is 932. The SMILES string of the molecule is Cc1cc(-c2cnn(C(C)C)c2)nc2c(=O)[nH]c(=O)[nH]c12. The van der Waals surface area contributed by atoms with E-state index in [0.717, 1.165) is 11.1 Å². The van der Waals surface area contributed by atoms with Gasteiger partial charge in [-0.2, -0.15) is 5.10 Å². The molecule has 0 aromatic carbocycles. The number of H-pyrrole nitrogens is 2. The molecule has 0 aliphatic carbocycles. The monoisotopic (exact) mass is 285 g/mol. The summed E-state index contributed by atoms with van der Waals surface area (Å²) in [6.07, 6.45) is 3.60. The molecular weight excluding hydrogens is 270 g/mol. The van der Waals surface area contributed by atoms with E-state index in [0.29, 0.717) is 11.2 Å². The number of aromatic amines is 2. The van der Waals surface area contributed by atoms with Gasteiger partial charge in [0.1, 0.15) is 0 Å². The largest absolute Gasteiger partial charge is 0.326 e. The number of hydrogen-bond donors (Lipinski definition) is 2. The summed E-state index contributed by atoms with van der Waals surface area (Å²) in [6, 6.07) is 2.08. The molecule has 2 N–H and O–H groups in total. The molecule has 3 aromatic heterocycles. The Kier molecular flexibility index (Phi) is 2.97. The van der Waals surface area contributed by atoms with E-state index in [2.05, 4.69) is 20.1 Å². The second-order valence-corrected chi connectivity index (χ2v) is 5.26.